The molecule has 0 radical (unpaired) electrons. The van der Waals surface area contributed by atoms with Gasteiger partial charge in [-0.1, -0.05) is 24.0 Å². The van der Waals surface area contributed by atoms with Gasteiger partial charge in [-0.3, -0.25) is 4.79 Å². The standard InChI is InChI=1S/C17H21NO2S/c1-17(10-6-12-21-17)13-18-16(20)15-9-3-2-7-14(15)8-4-5-11-19/h2-3,7,9,19H,5-6,10-13H2,1H3,(H,18,20). The van der Waals surface area contributed by atoms with Gasteiger partial charge in [0.1, 0.15) is 0 Å². The van der Waals surface area contributed by atoms with Crippen LogP contribution in [0.2, 0.25) is 0 Å². The zero-order valence-electron chi connectivity index (χ0n) is 12.3. The molecule has 1 aliphatic heterocycles. The number of aliphatic hydroxyl groups excluding tert-OH is 1. The lowest BCUT2D eigenvalue weighted by Crippen LogP contribution is -2.37. The first-order chi connectivity index (χ1) is 10.1. The molecule has 1 aliphatic rings. The second-order valence-electron chi connectivity index (χ2n) is 5.41. The molecule has 2 N–H and O–H groups in total. The summed E-state index contributed by atoms with van der Waals surface area (Å²) in [4.78, 5) is 12.4. The lowest BCUT2D eigenvalue weighted by atomic mass is 10.0. The van der Waals surface area contributed by atoms with E-state index in [-0.39, 0.29) is 17.3 Å². The zero-order chi connectivity index (χ0) is 15.1. The van der Waals surface area contributed by atoms with Crippen LogP contribution < -0.4 is 5.32 Å². The summed E-state index contributed by atoms with van der Waals surface area (Å²) in [7, 11) is 0. The van der Waals surface area contributed by atoms with E-state index in [0.717, 1.165) is 6.42 Å². The highest BCUT2D eigenvalue weighted by atomic mass is 32.2. The first-order valence-electron chi connectivity index (χ1n) is 7.25. The van der Waals surface area contributed by atoms with Crippen LogP contribution in [0.15, 0.2) is 24.3 Å². The van der Waals surface area contributed by atoms with Crippen molar-refractivity contribution in [3.05, 3.63) is 35.4 Å². The number of rotatable bonds is 4. The van der Waals surface area contributed by atoms with Crippen molar-refractivity contribution >= 4 is 17.7 Å². The minimum Gasteiger partial charge on any atom is -0.395 e. The maximum absolute atomic E-state index is 12.4. The molecule has 0 spiro atoms. The van der Waals surface area contributed by atoms with Gasteiger partial charge in [-0.2, -0.15) is 11.8 Å². The number of hydrogen-bond donors (Lipinski definition) is 2. The lowest BCUT2D eigenvalue weighted by Gasteiger charge is -2.23. The summed E-state index contributed by atoms with van der Waals surface area (Å²) in [6.45, 7) is 2.93. The van der Waals surface area contributed by atoms with Gasteiger partial charge in [0, 0.05) is 23.3 Å². The number of aliphatic hydroxyl groups is 1. The Bertz CT molecular complexity index is 553. The molecule has 21 heavy (non-hydrogen) atoms. The average molecular weight is 303 g/mol. The van der Waals surface area contributed by atoms with Crippen LogP contribution >= 0.6 is 11.8 Å². The van der Waals surface area contributed by atoms with Gasteiger partial charge in [-0.25, -0.2) is 0 Å². The van der Waals surface area contributed by atoms with Crippen LogP contribution in [-0.4, -0.2) is 34.7 Å². The second kappa shape index (κ2) is 7.53. The molecule has 4 heteroatoms. The third kappa shape index (κ3) is 4.52. The monoisotopic (exact) mass is 303 g/mol. The van der Waals surface area contributed by atoms with Crippen molar-refractivity contribution in [3.63, 3.8) is 0 Å². The highest BCUT2D eigenvalue weighted by Crippen LogP contribution is 2.36. The van der Waals surface area contributed by atoms with E-state index in [0.29, 0.717) is 24.1 Å². The van der Waals surface area contributed by atoms with Gasteiger partial charge in [-0.15, -0.1) is 0 Å². The molecular weight excluding hydrogens is 282 g/mol. The summed E-state index contributed by atoms with van der Waals surface area (Å²) < 4.78 is 0.160. The molecule has 0 bridgehead atoms. The van der Waals surface area contributed by atoms with Gasteiger partial charge in [0.25, 0.3) is 5.91 Å². The predicted octanol–water partition coefficient (Wildman–Crippen LogP) is 2.44. The first kappa shape index (κ1) is 15.9. The summed E-state index contributed by atoms with van der Waals surface area (Å²) in [5.74, 6) is 6.93. The molecular formula is C17H21NO2S. The number of nitrogens with one attached hydrogen (secondary N) is 1. The summed E-state index contributed by atoms with van der Waals surface area (Å²) in [5.41, 5.74) is 1.32. The Morgan fingerprint density at radius 1 is 1.48 bits per heavy atom. The van der Waals surface area contributed by atoms with Gasteiger partial charge < -0.3 is 10.4 Å². The molecule has 1 aromatic rings. The summed E-state index contributed by atoms with van der Waals surface area (Å²) in [6, 6.07) is 7.35. The van der Waals surface area contributed by atoms with Crippen LogP contribution in [0.4, 0.5) is 0 Å². The Labute approximate surface area is 130 Å². The minimum absolute atomic E-state index is 0.0386. The summed E-state index contributed by atoms with van der Waals surface area (Å²) in [5, 5.41) is 11.8. The van der Waals surface area contributed by atoms with E-state index in [1.54, 1.807) is 6.07 Å². The quantitative estimate of drug-likeness (QED) is 0.840. The molecule has 0 saturated carbocycles. The highest BCUT2D eigenvalue weighted by molar-refractivity contribution is 8.00. The smallest absolute Gasteiger partial charge is 0.252 e. The van der Waals surface area contributed by atoms with Crippen molar-refractivity contribution in [2.45, 2.75) is 30.9 Å². The van der Waals surface area contributed by atoms with Crippen LogP contribution in [0.3, 0.4) is 0 Å². The van der Waals surface area contributed by atoms with Crippen LogP contribution in [0.5, 0.6) is 0 Å². The molecule has 1 atom stereocenters. The molecule has 1 fully saturated rings. The van der Waals surface area contributed by atoms with Crippen LogP contribution in [0, 0.1) is 11.8 Å². The Morgan fingerprint density at radius 2 is 2.29 bits per heavy atom. The topological polar surface area (TPSA) is 49.3 Å². The highest BCUT2D eigenvalue weighted by Gasteiger charge is 2.29. The number of hydrogen-bond acceptors (Lipinski definition) is 3. The van der Waals surface area contributed by atoms with Crippen LogP contribution in [0.1, 0.15) is 42.1 Å². The Balaban J connectivity index is 2.03. The molecule has 1 amide bonds. The van der Waals surface area contributed by atoms with E-state index in [2.05, 4.69) is 24.1 Å². The Kier molecular flexibility index (Phi) is 5.72. The summed E-state index contributed by atoms with van der Waals surface area (Å²) in [6.07, 6.45) is 2.79. The zero-order valence-corrected chi connectivity index (χ0v) is 13.1. The maximum Gasteiger partial charge on any atom is 0.252 e. The normalized spacial score (nSPS) is 20.7. The molecule has 1 unspecified atom stereocenters. The molecule has 0 aliphatic carbocycles. The van der Waals surface area contributed by atoms with E-state index in [1.165, 1.54) is 12.2 Å². The largest absolute Gasteiger partial charge is 0.395 e. The number of carbonyl (C=O) groups is 1. The van der Waals surface area contributed by atoms with Gasteiger partial charge in [0.05, 0.1) is 12.2 Å². The van der Waals surface area contributed by atoms with E-state index >= 15 is 0 Å². The van der Waals surface area contributed by atoms with Gasteiger partial charge in [0.15, 0.2) is 0 Å². The maximum atomic E-state index is 12.4. The summed E-state index contributed by atoms with van der Waals surface area (Å²) >= 11 is 1.93. The number of benzene rings is 1. The average Bonchev–Trinajstić information content (AvgIpc) is 2.93. The molecule has 0 aromatic heterocycles. The van der Waals surface area contributed by atoms with E-state index < -0.39 is 0 Å². The van der Waals surface area contributed by atoms with E-state index in [1.807, 2.05) is 30.0 Å². The van der Waals surface area contributed by atoms with Gasteiger partial charge in [-0.05, 0) is 37.7 Å². The van der Waals surface area contributed by atoms with Crippen molar-refractivity contribution in [2.24, 2.45) is 0 Å². The third-order valence-electron chi connectivity index (χ3n) is 3.55. The first-order valence-corrected chi connectivity index (χ1v) is 8.24. The fraction of sp³-hybridized carbons (Fsp3) is 0.471. The fourth-order valence-electron chi connectivity index (χ4n) is 2.34. The Morgan fingerprint density at radius 3 is 3.00 bits per heavy atom. The van der Waals surface area contributed by atoms with Crippen molar-refractivity contribution in [1.82, 2.24) is 5.32 Å². The fourth-order valence-corrected chi connectivity index (χ4v) is 3.59. The number of thioether (sulfide) groups is 1. The second-order valence-corrected chi connectivity index (χ2v) is 7.09. The van der Waals surface area contributed by atoms with Gasteiger partial charge >= 0.3 is 0 Å². The van der Waals surface area contributed by atoms with Gasteiger partial charge in [0.2, 0.25) is 0 Å². The lowest BCUT2D eigenvalue weighted by molar-refractivity contribution is 0.0949. The SMILES string of the molecule is CC1(CNC(=O)c2ccccc2C#CCCO)CCCS1. The molecule has 112 valence electrons. The molecule has 1 heterocycles. The van der Waals surface area contributed by atoms with Crippen LogP contribution in [0.25, 0.3) is 0 Å². The Hall–Kier alpha value is -1.44. The van der Waals surface area contributed by atoms with Crippen molar-refractivity contribution in [1.29, 1.82) is 0 Å². The van der Waals surface area contributed by atoms with E-state index in [9.17, 15) is 4.79 Å². The van der Waals surface area contributed by atoms with Crippen molar-refractivity contribution in [2.75, 3.05) is 18.9 Å². The molecule has 2 rings (SSSR count). The molecule has 3 nitrogen and oxygen atoms in total. The molecule has 1 aromatic carbocycles. The predicted molar refractivity (Wildman–Crippen MR) is 87.5 cm³/mol. The van der Waals surface area contributed by atoms with Crippen molar-refractivity contribution in [3.8, 4) is 11.8 Å². The minimum atomic E-state index is -0.0716. The molecule has 1 saturated heterocycles. The van der Waals surface area contributed by atoms with Crippen molar-refractivity contribution < 1.29 is 9.90 Å². The van der Waals surface area contributed by atoms with Crippen LogP contribution in [-0.2, 0) is 0 Å². The number of amides is 1. The van der Waals surface area contributed by atoms with E-state index in [4.69, 9.17) is 5.11 Å². The number of carbonyl (C=O) groups excluding carboxylic acids is 1. The third-order valence-corrected chi connectivity index (χ3v) is 5.09.